The first kappa shape index (κ1) is 14.3. The van der Waals surface area contributed by atoms with Crippen LogP contribution < -0.4 is 0 Å². The lowest BCUT2D eigenvalue weighted by Gasteiger charge is -2.26. The average Bonchev–Trinajstić information content (AvgIpc) is 2.64. The van der Waals surface area contributed by atoms with E-state index in [1.54, 1.807) is 13.0 Å². The monoisotopic (exact) mass is 324 g/mol. The molecule has 1 aromatic carbocycles. The van der Waals surface area contributed by atoms with Crippen LogP contribution in [0.2, 0.25) is 0 Å². The molecule has 0 bridgehead atoms. The fourth-order valence-corrected chi connectivity index (χ4v) is 3.27. The Morgan fingerprint density at radius 2 is 2.16 bits per heavy atom. The van der Waals surface area contributed by atoms with E-state index in [9.17, 15) is 9.59 Å². The van der Waals surface area contributed by atoms with Crippen LogP contribution in [0.5, 0.6) is 0 Å². The molecule has 2 unspecified atom stereocenters. The first-order valence-corrected chi connectivity index (χ1v) is 7.37. The van der Waals surface area contributed by atoms with Crippen molar-refractivity contribution in [3.63, 3.8) is 0 Å². The topological polar surface area (TPSA) is 43.4 Å². The Balaban J connectivity index is 2.42. The van der Waals surface area contributed by atoms with Crippen LogP contribution in [0, 0.1) is 5.41 Å². The smallest absolute Gasteiger partial charge is 0.320 e. The number of halogens is 1. The number of Topliss-reactive ketones (excluding diaryl/α,β-unsaturated/α-hetero) is 1. The second kappa shape index (κ2) is 5.45. The van der Waals surface area contributed by atoms with Gasteiger partial charge in [-0.1, -0.05) is 47.1 Å². The first-order chi connectivity index (χ1) is 9.01. The molecule has 0 saturated carbocycles. The van der Waals surface area contributed by atoms with Gasteiger partial charge in [0.15, 0.2) is 5.78 Å². The number of ketones is 1. The van der Waals surface area contributed by atoms with Crippen molar-refractivity contribution in [3.05, 3.63) is 35.4 Å². The van der Waals surface area contributed by atoms with Crippen LogP contribution in [-0.2, 0) is 16.0 Å². The van der Waals surface area contributed by atoms with Crippen molar-refractivity contribution in [2.75, 3.05) is 6.61 Å². The summed E-state index contributed by atoms with van der Waals surface area (Å²) in [5.74, 6) is -0.504. The molecule has 3 nitrogen and oxygen atoms in total. The quantitative estimate of drug-likeness (QED) is 0.485. The van der Waals surface area contributed by atoms with Crippen LogP contribution in [0.4, 0.5) is 0 Å². The number of carbonyl (C=O) groups is 2. The number of alkyl halides is 1. The summed E-state index contributed by atoms with van der Waals surface area (Å²) in [6.45, 7) is 3.99. The minimum Gasteiger partial charge on any atom is -0.465 e. The molecule has 1 aliphatic rings. The van der Waals surface area contributed by atoms with Gasteiger partial charge >= 0.3 is 5.97 Å². The van der Waals surface area contributed by atoms with E-state index >= 15 is 0 Å². The van der Waals surface area contributed by atoms with Crippen LogP contribution >= 0.6 is 15.9 Å². The molecule has 1 aliphatic carbocycles. The van der Waals surface area contributed by atoms with Gasteiger partial charge < -0.3 is 4.74 Å². The van der Waals surface area contributed by atoms with Gasteiger partial charge in [-0.2, -0.15) is 0 Å². The average molecular weight is 325 g/mol. The summed E-state index contributed by atoms with van der Waals surface area (Å²) >= 11 is 3.45. The summed E-state index contributed by atoms with van der Waals surface area (Å²) in [5.41, 5.74) is 0.542. The van der Waals surface area contributed by atoms with E-state index in [1.165, 1.54) is 0 Å². The van der Waals surface area contributed by atoms with Crippen molar-refractivity contribution >= 4 is 27.7 Å². The van der Waals surface area contributed by atoms with E-state index in [0.29, 0.717) is 25.0 Å². The van der Waals surface area contributed by atoms with Crippen LogP contribution in [0.15, 0.2) is 24.3 Å². The summed E-state index contributed by atoms with van der Waals surface area (Å²) in [7, 11) is 0. The fourth-order valence-electron chi connectivity index (χ4n) is 2.72. The van der Waals surface area contributed by atoms with Crippen molar-refractivity contribution < 1.29 is 14.3 Å². The molecule has 1 aromatic rings. The lowest BCUT2D eigenvalue weighted by atomic mass is 9.79. The van der Waals surface area contributed by atoms with Gasteiger partial charge in [0.2, 0.25) is 0 Å². The Morgan fingerprint density at radius 3 is 2.74 bits per heavy atom. The van der Waals surface area contributed by atoms with Gasteiger partial charge in [-0.25, -0.2) is 0 Å². The van der Waals surface area contributed by atoms with Gasteiger partial charge in [0, 0.05) is 10.4 Å². The van der Waals surface area contributed by atoms with E-state index in [0.717, 1.165) is 5.56 Å². The Labute approximate surface area is 121 Å². The molecule has 0 spiro atoms. The molecule has 0 fully saturated rings. The number of ether oxygens (including phenoxy) is 1. The minimum absolute atomic E-state index is 0.0789. The highest BCUT2D eigenvalue weighted by atomic mass is 79.9. The molecule has 0 radical (unpaired) electrons. The molecule has 0 amide bonds. The fraction of sp³-hybridized carbons (Fsp3) is 0.467. The van der Waals surface area contributed by atoms with Crippen molar-refractivity contribution in [2.24, 2.45) is 5.41 Å². The van der Waals surface area contributed by atoms with Gasteiger partial charge in [0.25, 0.3) is 0 Å². The van der Waals surface area contributed by atoms with E-state index in [4.69, 9.17) is 4.74 Å². The zero-order valence-electron chi connectivity index (χ0n) is 11.1. The third kappa shape index (κ3) is 2.46. The summed E-state index contributed by atoms with van der Waals surface area (Å²) in [6.07, 6.45) is 0.899. The Morgan fingerprint density at radius 1 is 1.47 bits per heavy atom. The third-order valence-electron chi connectivity index (χ3n) is 3.48. The SMILES string of the molecule is CCOC(=O)C1(CC(C)Br)Cc2ccccc2C1=O. The lowest BCUT2D eigenvalue weighted by molar-refractivity contribution is -0.152. The molecule has 0 aromatic heterocycles. The maximum atomic E-state index is 12.6. The molecule has 102 valence electrons. The molecule has 2 atom stereocenters. The predicted octanol–water partition coefficient (Wildman–Crippen LogP) is 3.15. The van der Waals surface area contributed by atoms with Crippen LogP contribution in [-0.4, -0.2) is 23.2 Å². The second-order valence-electron chi connectivity index (χ2n) is 4.95. The van der Waals surface area contributed by atoms with Crippen molar-refractivity contribution in [1.29, 1.82) is 0 Å². The molecule has 2 rings (SSSR count). The molecular weight excluding hydrogens is 308 g/mol. The van der Waals surface area contributed by atoms with Gasteiger partial charge in [0.1, 0.15) is 5.41 Å². The van der Waals surface area contributed by atoms with Gasteiger partial charge in [0.05, 0.1) is 6.61 Å². The lowest BCUT2D eigenvalue weighted by Crippen LogP contribution is -2.40. The Bertz CT molecular complexity index is 510. The number of hydrogen-bond donors (Lipinski definition) is 0. The predicted molar refractivity (Wildman–Crippen MR) is 76.5 cm³/mol. The summed E-state index contributed by atoms with van der Waals surface area (Å²) in [6, 6.07) is 7.42. The van der Waals surface area contributed by atoms with E-state index < -0.39 is 11.4 Å². The first-order valence-electron chi connectivity index (χ1n) is 6.45. The summed E-state index contributed by atoms with van der Waals surface area (Å²) in [4.78, 5) is 25.0. The molecule has 0 N–H and O–H groups in total. The molecular formula is C15H17BrO3. The van der Waals surface area contributed by atoms with Gasteiger partial charge in [-0.3, -0.25) is 9.59 Å². The van der Waals surface area contributed by atoms with E-state index in [-0.39, 0.29) is 10.6 Å². The van der Waals surface area contributed by atoms with Gasteiger partial charge in [-0.15, -0.1) is 0 Å². The second-order valence-corrected chi connectivity index (χ2v) is 6.51. The van der Waals surface area contributed by atoms with Gasteiger partial charge in [-0.05, 0) is 25.3 Å². The molecule has 0 saturated heterocycles. The van der Waals surface area contributed by atoms with Crippen molar-refractivity contribution in [3.8, 4) is 0 Å². The van der Waals surface area contributed by atoms with Crippen LogP contribution in [0.1, 0.15) is 36.2 Å². The minimum atomic E-state index is -1.05. The summed E-state index contributed by atoms with van der Waals surface area (Å²) < 4.78 is 5.15. The zero-order valence-corrected chi connectivity index (χ0v) is 12.7. The maximum absolute atomic E-state index is 12.6. The zero-order chi connectivity index (χ0) is 14.0. The maximum Gasteiger partial charge on any atom is 0.320 e. The number of hydrogen-bond acceptors (Lipinski definition) is 3. The number of esters is 1. The highest BCUT2D eigenvalue weighted by Crippen LogP contribution is 2.42. The molecule has 4 heteroatoms. The standard InChI is InChI=1S/C15H17BrO3/c1-3-19-14(18)15(8-10(2)16)9-11-6-4-5-7-12(11)13(15)17/h4-7,10H,3,8-9H2,1-2H3. The number of fused-ring (bicyclic) bond motifs is 1. The molecule has 0 heterocycles. The largest absolute Gasteiger partial charge is 0.465 e. The summed E-state index contributed by atoms with van der Waals surface area (Å²) in [5, 5.41) is 0. The number of rotatable bonds is 4. The Hall–Kier alpha value is -1.16. The number of carbonyl (C=O) groups excluding carboxylic acids is 2. The Kier molecular flexibility index (Phi) is 4.09. The molecule has 0 aliphatic heterocycles. The van der Waals surface area contributed by atoms with Crippen molar-refractivity contribution in [2.45, 2.75) is 31.5 Å². The van der Waals surface area contributed by atoms with E-state index in [2.05, 4.69) is 15.9 Å². The van der Waals surface area contributed by atoms with E-state index in [1.807, 2.05) is 25.1 Å². The third-order valence-corrected chi connectivity index (χ3v) is 3.81. The van der Waals surface area contributed by atoms with Crippen molar-refractivity contribution in [1.82, 2.24) is 0 Å². The highest BCUT2D eigenvalue weighted by Gasteiger charge is 2.52. The highest BCUT2D eigenvalue weighted by molar-refractivity contribution is 9.09. The van der Waals surface area contributed by atoms with Crippen LogP contribution in [0.25, 0.3) is 0 Å². The van der Waals surface area contributed by atoms with Crippen LogP contribution in [0.3, 0.4) is 0 Å². The molecule has 19 heavy (non-hydrogen) atoms. The number of benzene rings is 1. The normalized spacial score (nSPS) is 23.0.